The number of hydrogen-bond donors (Lipinski definition) is 1. The van der Waals surface area contributed by atoms with E-state index in [2.05, 4.69) is 5.32 Å². The summed E-state index contributed by atoms with van der Waals surface area (Å²) in [6.45, 7) is 2.59. The molecule has 0 bridgehead atoms. The summed E-state index contributed by atoms with van der Waals surface area (Å²) < 4.78 is 10.5. The van der Waals surface area contributed by atoms with Crippen LogP contribution < -0.4 is 14.8 Å². The van der Waals surface area contributed by atoms with Gasteiger partial charge in [0.2, 0.25) is 5.91 Å². The Kier molecular flexibility index (Phi) is 7.49. The molecule has 1 N–H and O–H groups in total. The average Bonchev–Trinajstić information content (AvgIpc) is 2.67. The molecule has 2 rings (SSSR count). The number of ether oxygens (including phenoxy) is 2. The molecule has 6 nitrogen and oxygen atoms in total. The number of hydrogen-bond acceptors (Lipinski definition) is 4. The second-order valence-corrected chi connectivity index (χ2v) is 6.27. The van der Waals surface area contributed by atoms with Crippen LogP contribution in [0.3, 0.4) is 0 Å². The van der Waals surface area contributed by atoms with Gasteiger partial charge in [-0.15, -0.1) is 0 Å². The first kappa shape index (κ1) is 20.6. The van der Waals surface area contributed by atoms with Crippen molar-refractivity contribution in [2.24, 2.45) is 0 Å². The van der Waals surface area contributed by atoms with Gasteiger partial charge in [0, 0.05) is 26.6 Å². The van der Waals surface area contributed by atoms with Gasteiger partial charge in [-0.3, -0.25) is 9.59 Å². The van der Waals surface area contributed by atoms with E-state index in [0.29, 0.717) is 41.7 Å². The molecular formula is C20H23ClN2O4. The number of benzene rings is 2. The molecule has 0 heterocycles. The minimum atomic E-state index is -0.268. The fourth-order valence-electron chi connectivity index (χ4n) is 2.59. The van der Waals surface area contributed by atoms with Crippen LogP contribution in [-0.2, 0) is 11.3 Å². The van der Waals surface area contributed by atoms with E-state index < -0.39 is 0 Å². The van der Waals surface area contributed by atoms with Crippen LogP contribution in [0, 0.1) is 0 Å². The first-order valence-corrected chi connectivity index (χ1v) is 8.83. The summed E-state index contributed by atoms with van der Waals surface area (Å²) in [5, 5.41) is 3.18. The largest absolute Gasteiger partial charge is 0.493 e. The molecule has 144 valence electrons. The van der Waals surface area contributed by atoms with E-state index in [-0.39, 0.29) is 11.8 Å². The summed E-state index contributed by atoms with van der Waals surface area (Å²) in [5.74, 6) is 0.875. The third-order valence-corrected chi connectivity index (χ3v) is 4.38. The van der Waals surface area contributed by atoms with Crippen LogP contribution in [0.5, 0.6) is 11.5 Å². The van der Waals surface area contributed by atoms with Crippen molar-refractivity contribution < 1.29 is 19.1 Å². The van der Waals surface area contributed by atoms with Crippen LogP contribution in [0.4, 0.5) is 0 Å². The highest BCUT2D eigenvalue weighted by atomic mass is 35.5. The Hall–Kier alpha value is -2.73. The highest BCUT2D eigenvalue weighted by Gasteiger charge is 2.13. The Morgan fingerprint density at radius 3 is 2.41 bits per heavy atom. The van der Waals surface area contributed by atoms with Gasteiger partial charge in [0.05, 0.1) is 24.8 Å². The lowest BCUT2D eigenvalue weighted by Gasteiger charge is -2.22. The number of amides is 2. The molecule has 0 saturated heterocycles. The molecule has 2 aromatic carbocycles. The van der Waals surface area contributed by atoms with Gasteiger partial charge < -0.3 is 19.7 Å². The molecule has 0 saturated carbocycles. The number of carbonyl (C=O) groups is 2. The van der Waals surface area contributed by atoms with Crippen molar-refractivity contribution in [2.75, 3.05) is 27.3 Å². The molecule has 0 spiro atoms. The predicted molar refractivity (Wildman–Crippen MR) is 104 cm³/mol. The lowest BCUT2D eigenvalue weighted by molar-refractivity contribution is -0.129. The molecule has 0 fully saturated rings. The number of halogens is 1. The second-order valence-electron chi connectivity index (χ2n) is 5.87. The third-order valence-electron chi connectivity index (χ3n) is 4.05. The highest BCUT2D eigenvalue weighted by Crippen LogP contribution is 2.28. The third kappa shape index (κ3) is 5.62. The lowest BCUT2D eigenvalue weighted by Crippen LogP contribution is -2.37. The van der Waals surface area contributed by atoms with E-state index in [1.165, 1.54) is 6.92 Å². The summed E-state index contributed by atoms with van der Waals surface area (Å²) in [7, 11) is 3.13. The Labute approximate surface area is 164 Å². The zero-order valence-corrected chi connectivity index (χ0v) is 16.4. The Bertz CT molecular complexity index is 810. The summed E-state index contributed by atoms with van der Waals surface area (Å²) in [6, 6.07) is 12.3. The van der Waals surface area contributed by atoms with Crippen molar-refractivity contribution in [1.82, 2.24) is 10.2 Å². The van der Waals surface area contributed by atoms with Crippen molar-refractivity contribution >= 4 is 23.4 Å². The van der Waals surface area contributed by atoms with Crippen molar-refractivity contribution in [3.63, 3.8) is 0 Å². The standard InChI is InChI=1S/C20H23ClN2O4/c1-14(24)23(13-15-8-9-18(26-2)19(12-15)27-3)11-10-22-20(25)16-6-4-5-7-17(16)21/h4-9,12H,10-11,13H2,1-3H3,(H,22,25). The SMILES string of the molecule is COc1ccc(CN(CCNC(=O)c2ccccc2Cl)C(C)=O)cc1OC. The van der Waals surface area contributed by atoms with E-state index in [1.807, 2.05) is 12.1 Å². The van der Waals surface area contributed by atoms with Crippen LogP contribution >= 0.6 is 11.6 Å². The van der Waals surface area contributed by atoms with Gasteiger partial charge in [0.25, 0.3) is 5.91 Å². The van der Waals surface area contributed by atoms with Gasteiger partial charge in [-0.1, -0.05) is 29.8 Å². The molecule has 0 aliphatic heterocycles. The van der Waals surface area contributed by atoms with E-state index in [9.17, 15) is 9.59 Å². The molecule has 0 unspecified atom stereocenters. The Morgan fingerprint density at radius 2 is 1.78 bits per heavy atom. The monoisotopic (exact) mass is 390 g/mol. The summed E-state index contributed by atoms with van der Waals surface area (Å²) in [4.78, 5) is 25.8. The van der Waals surface area contributed by atoms with Crippen molar-refractivity contribution in [2.45, 2.75) is 13.5 Å². The van der Waals surface area contributed by atoms with E-state index >= 15 is 0 Å². The van der Waals surface area contributed by atoms with Crippen molar-refractivity contribution in [3.8, 4) is 11.5 Å². The summed E-state index contributed by atoms with van der Waals surface area (Å²) >= 11 is 6.02. The maximum atomic E-state index is 12.2. The van der Waals surface area contributed by atoms with Crippen LogP contribution in [0.25, 0.3) is 0 Å². The topological polar surface area (TPSA) is 67.9 Å². The predicted octanol–water partition coefficient (Wildman–Crippen LogP) is 3.14. The quantitative estimate of drug-likeness (QED) is 0.751. The molecule has 0 aliphatic rings. The lowest BCUT2D eigenvalue weighted by atomic mass is 10.2. The smallest absolute Gasteiger partial charge is 0.252 e. The Morgan fingerprint density at radius 1 is 1.07 bits per heavy atom. The van der Waals surface area contributed by atoms with Gasteiger partial charge in [-0.2, -0.15) is 0 Å². The van der Waals surface area contributed by atoms with Gasteiger partial charge in [-0.05, 0) is 29.8 Å². The fraction of sp³-hybridized carbons (Fsp3) is 0.300. The first-order valence-electron chi connectivity index (χ1n) is 8.45. The van der Waals surface area contributed by atoms with Gasteiger partial charge >= 0.3 is 0 Å². The van der Waals surface area contributed by atoms with Gasteiger partial charge in [0.1, 0.15) is 0 Å². The minimum Gasteiger partial charge on any atom is -0.493 e. The summed E-state index contributed by atoms with van der Waals surface area (Å²) in [5.41, 5.74) is 1.31. The van der Waals surface area contributed by atoms with Gasteiger partial charge in [-0.25, -0.2) is 0 Å². The van der Waals surface area contributed by atoms with Crippen molar-refractivity contribution in [3.05, 3.63) is 58.6 Å². The van der Waals surface area contributed by atoms with Crippen molar-refractivity contribution in [1.29, 1.82) is 0 Å². The molecule has 7 heteroatoms. The number of methoxy groups -OCH3 is 2. The van der Waals surface area contributed by atoms with Crippen LogP contribution in [0.15, 0.2) is 42.5 Å². The molecule has 2 amide bonds. The number of nitrogens with one attached hydrogen (secondary N) is 1. The molecule has 0 atom stereocenters. The first-order chi connectivity index (χ1) is 13.0. The fourth-order valence-corrected chi connectivity index (χ4v) is 2.81. The molecule has 0 aliphatic carbocycles. The minimum absolute atomic E-state index is 0.0863. The zero-order chi connectivity index (χ0) is 19.8. The molecule has 0 radical (unpaired) electrons. The Balaban J connectivity index is 1.97. The van der Waals surface area contributed by atoms with Gasteiger partial charge in [0.15, 0.2) is 11.5 Å². The number of carbonyl (C=O) groups excluding carboxylic acids is 2. The van der Waals surface area contributed by atoms with Crippen LogP contribution in [0.1, 0.15) is 22.8 Å². The maximum Gasteiger partial charge on any atom is 0.252 e. The van der Waals surface area contributed by atoms with E-state index in [4.69, 9.17) is 21.1 Å². The number of rotatable bonds is 8. The summed E-state index contributed by atoms with van der Waals surface area (Å²) in [6.07, 6.45) is 0. The average molecular weight is 391 g/mol. The van der Waals surface area contributed by atoms with E-state index in [1.54, 1.807) is 49.5 Å². The normalized spacial score (nSPS) is 10.2. The number of nitrogens with zero attached hydrogens (tertiary/aromatic N) is 1. The van der Waals surface area contributed by atoms with E-state index in [0.717, 1.165) is 5.56 Å². The zero-order valence-electron chi connectivity index (χ0n) is 15.6. The molecule has 0 aromatic heterocycles. The second kappa shape index (κ2) is 9.83. The molecule has 27 heavy (non-hydrogen) atoms. The van der Waals surface area contributed by atoms with Crippen LogP contribution in [0.2, 0.25) is 5.02 Å². The molecule has 2 aromatic rings. The molecular weight excluding hydrogens is 368 g/mol. The maximum absolute atomic E-state index is 12.2. The van der Waals surface area contributed by atoms with Crippen LogP contribution in [-0.4, -0.2) is 44.0 Å². The highest BCUT2D eigenvalue weighted by molar-refractivity contribution is 6.33.